The van der Waals surface area contributed by atoms with Gasteiger partial charge in [0, 0.05) is 39.1 Å². The molecule has 1 aliphatic rings. The number of hydrogen-bond acceptors (Lipinski definition) is 4. The van der Waals surface area contributed by atoms with Crippen molar-refractivity contribution in [3.8, 4) is 0 Å². The smallest absolute Gasteiger partial charge is 0.235 e. The summed E-state index contributed by atoms with van der Waals surface area (Å²) in [6.07, 6.45) is 0.500. The van der Waals surface area contributed by atoms with Crippen molar-refractivity contribution in [3.63, 3.8) is 0 Å². The van der Waals surface area contributed by atoms with Crippen LogP contribution in [-0.2, 0) is 4.79 Å². The van der Waals surface area contributed by atoms with Crippen molar-refractivity contribution < 1.29 is 4.79 Å². The van der Waals surface area contributed by atoms with Crippen LogP contribution in [0.1, 0.15) is 6.42 Å². The average molecular weight is 186 g/mol. The molecule has 5 heteroatoms. The lowest BCUT2D eigenvalue weighted by molar-refractivity contribution is -0.121. The fourth-order valence-corrected chi connectivity index (χ4v) is 1.40. The lowest BCUT2D eigenvalue weighted by Crippen LogP contribution is -2.45. The SMILES string of the molecule is CN1CCN(CCC(=O)NN)CC1. The van der Waals surface area contributed by atoms with Crippen LogP contribution < -0.4 is 11.3 Å². The molecule has 0 bridgehead atoms. The molecule has 0 aromatic rings. The predicted octanol–water partition coefficient (Wildman–Crippen LogP) is -1.39. The highest BCUT2D eigenvalue weighted by atomic mass is 16.2. The Kier molecular flexibility index (Phi) is 4.14. The minimum Gasteiger partial charge on any atom is -0.304 e. The van der Waals surface area contributed by atoms with Gasteiger partial charge in [-0.15, -0.1) is 0 Å². The zero-order chi connectivity index (χ0) is 9.68. The van der Waals surface area contributed by atoms with Crippen LogP contribution in [0.4, 0.5) is 0 Å². The van der Waals surface area contributed by atoms with Crippen molar-refractivity contribution in [1.82, 2.24) is 15.2 Å². The van der Waals surface area contributed by atoms with Crippen LogP contribution in [-0.4, -0.2) is 55.5 Å². The number of carbonyl (C=O) groups excluding carboxylic acids is 1. The lowest BCUT2D eigenvalue weighted by Gasteiger charge is -2.32. The molecule has 1 fully saturated rings. The predicted molar refractivity (Wildman–Crippen MR) is 50.9 cm³/mol. The largest absolute Gasteiger partial charge is 0.304 e. The fraction of sp³-hybridized carbons (Fsp3) is 0.875. The zero-order valence-electron chi connectivity index (χ0n) is 8.12. The highest BCUT2D eigenvalue weighted by molar-refractivity contribution is 5.75. The van der Waals surface area contributed by atoms with Gasteiger partial charge in [0.1, 0.15) is 0 Å². The second kappa shape index (κ2) is 5.16. The molecule has 5 nitrogen and oxygen atoms in total. The van der Waals surface area contributed by atoms with Gasteiger partial charge < -0.3 is 9.80 Å². The quantitative estimate of drug-likeness (QED) is 0.324. The first-order valence-corrected chi connectivity index (χ1v) is 4.62. The number of amides is 1. The van der Waals surface area contributed by atoms with Gasteiger partial charge >= 0.3 is 0 Å². The van der Waals surface area contributed by atoms with Crippen molar-refractivity contribution in [2.24, 2.45) is 5.84 Å². The molecule has 0 atom stereocenters. The van der Waals surface area contributed by atoms with Gasteiger partial charge in [-0.3, -0.25) is 10.2 Å². The van der Waals surface area contributed by atoms with Crippen molar-refractivity contribution in [3.05, 3.63) is 0 Å². The Labute approximate surface area is 78.8 Å². The second-order valence-corrected chi connectivity index (χ2v) is 3.46. The van der Waals surface area contributed by atoms with Crippen LogP contribution in [0.25, 0.3) is 0 Å². The molecular weight excluding hydrogens is 168 g/mol. The van der Waals surface area contributed by atoms with E-state index in [1.54, 1.807) is 0 Å². The van der Waals surface area contributed by atoms with E-state index in [1.807, 2.05) is 0 Å². The summed E-state index contributed by atoms with van der Waals surface area (Å²) in [6.45, 7) is 5.09. The van der Waals surface area contributed by atoms with E-state index < -0.39 is 0 Å². The fourth-order valence-electron chi connectivity index (χ4n) is 1.40. The van der Waals surface area contributed by atoms with E-state index in [1.165, 1.54) is 0 Å². The van der Waals surface area contributed by atoms with Gasteiger partial charge in [-0.1, -0.05) is 0 Å². The van der Waals surface area contributed by atoms with Gasteiger partial charge in [0.25, 0.3) is 0 Å². The molecule has 1 heterocycles. The van der Waals surface area contributed by atoms with Gasteiger partial charge in [0.2, 0.25) is 5.91 Å². The molecule has 0 spiro atoms. The lowest BCUT2D eigenvalue weighted by atomic mass is 10.3. The molecule has 0 aromatic carbocycles. The molecule has 0 radical (unpaired) electrons. The summed E-state index contributed by atoms with van der Waals surface area (Å²) < 4.78 is 0. The van der Waals surface area contributed by atoms with Crippen LogP contribution in [0.3, 0.4) is 0 Å². The minimum absolute atomic E-state index is 0.0843. The number of nitrogens with two attached hydrogens (primary N) is 1. The van der Waals surface area contributed by atoms with Crippen LogP contribution in [0.5, 0.6) is 0 Å². The van der Waals surface area contributed by atoms with Crippen molar-refractivity contribution in [2.45, 2.75) is 6.42 Å². The second-order valence-electron chi connectivity index (χ2n) is 3.46. The maximum absolute atomic E-state index is 10.8. The maximum atomic E-state index is 10.8. The zero-order valence-corrected chi connectivity index (χ0v) is 8.12. The normalized spacial score (nSPS) is 20.2. The number of nitrogens with zero attached hydrogens (tertiary/aromatic N) is 2. The van der Waals surface area contributed by atoms with E-state index in [2.05, 4.69) is 22.3 Å². The molecular formula is C8H18N4O. The topological polar surface area (TPSA) is 61.6 Å². The van der Waals surface area contributed by atoms with Crippen LogP contribution in [0.15, 0.2) is 0 Å². The Hall–Kier alpha value is -0.650. The van der Waals surface area contributed by atoms with Gasteiger partial charge in [0.05, 0.1) is 0 Å². The average Bonchev–Trinajstić information content (AvgIpc) is 2.16. The number of likely N-dealkylation sites (N-methyl/N-ethyl adjacent to an activating group) is 1. The molecule has 0 saturated carbocycles. The highest BCUT2D eigenvalue weighted by Gasteiger charge is 2.13. The summed E-state index contributed by atoms with van der Waals surface area (Å²) in [4.78, 5) is 15.4. The van der Waals surface area contributed by atoms with Gasteiger partial charge in [-0.05, 0) is 7.05 Å². The Morgan fingerprint density at radius 2 is 2.00 bits per heavy atom. The molecule has 0 unspecified atom stereocenters. The molecule has 0 aliphatic carbocycles. The van der Waals surface area contributed by atoms with Crippen molar-refractivity contribution in [1.29, 1.82) is 0 Å². The van der Waals surface area contributed by atoms with E-state index >= 15 is 0 Å². The standard InChI is InChI=1S/C8H18N4O/c1-11-4-6-12(7-5-11)3-2-8(13)10-9/h2-7,9H2,1H3,(H,10,13). The molecule has 1 saturated heterocycles. The summed E-state index contributed by atoms with van der Waals surface area (Å²) in [5.74, 6) is 4.90. The van der Waals surface area contributed by atoms with Gasteiger partial charge in [-0.25, -0.2) is 5.84 Å². The first-order chi connectivity index (χ1) is 6.22. The van der Waals surface area contributed by atoms with Crippen LogP contribution in [0, 0.1) is 0 Å². The number of carbonyl (C=O) groups is 1. The Morgan fingerprint density at radius 3 is 2.54 bits per heavy atom. The van der Waals surface area contributed by atoms with Gasteiger partial charge in [-0.2, -0.15) is 0 Å². The van der Waals surface area contributed by atoms with E-state index in [0.717, 1.165) is 32.7 Å². The number of rotatable bonds is 3. The first kappa shape index (κ1) is 10.4. The number of hydrazine groups is 1. The summed E-state index contributed by atoms with van der Waals surface area (Å²) in [6, 6.07) is 0. The van der Waals surface area contributed by atoms with E-state index in [-0.39, 0.29) is 5.91 Å². The summed E-state index contributed by atoms with van der Waals surface area (Å²) in [7, 11) is 2.12. The third kappa shape index (κ3) is 3.71. The third-order valence-corrected chi connectivity index (χ3v) is 2.41. The minimum atomic E-state index is -0.0843. The van der Waals surface area contributed by atoms with E-state index in [9.17, 15) is 4.79 Å². The monoisotopic (exact) mass is 186 g/mol. The number of nitrogens with one attached hydrogen (secondary N) is 1. The summed E-state index contributed by atoms with van der Waals surface area (Å²) >= 11 is 0. The number of piperazine rings is 1. The highest BCUT2D eigenvalue weighted by Crippen LogP contribution is 1.99. The van der Waals surface area contributed by atoms with E-state index in [4.69, 9.17) is 5.84 Å². The molecule has 1 rings (SSSR count). The molecule has 0 aromatic heterocycles. The Balaban J connectivity index is 2.12. The van der Waals surface area contributed by atoms with E-state index in [0.29, 0.717) is 6.42 Å². The maximum Gasteiger partial charge on any atom is 0.235 e. The molecule has 76 valence electrons. The summed E-state index contributed by atoms with van der Waals surface area (Å²) in [5, 5.41) is 0. The van der Waals surface area contributed by atoms with Gasteiger partial charge in [0.15, 0.2) is 0 Å². The first-order valence-electron chi connectivity index (χ1n) is 4.62. The Bertz CT molecular complexity index is 166. The van der Waals surface area contributed by atoms with Crippen molar-refractivity contribution >= 4 is 5.91 Å². The Morgan fingerprint density at radius 1 is 1.38 bits per heavy atom. The molecule has 13 heavy (non-hydrogen) atoms. The molecule has 1 amide bonds. The van der Waals surface area contributed by atoms with Crippen LogP contribution in [0.2, 0.25) is 0 Å². The van der Waals surface area contributed by atoms with Crippen LogP contribution >= 0.6 is 0 Å². The summed E-state index contributed by atoms with van der Waals surface area (Å²) in [5.41, 5.74) is 2.14. The molecule has 3 N–H and O–H groups in total. The van der Waals surface area contributed by atoms with Crippen molar-refractivity contribution in [2.75, 3.05) is 39.8 Å². The third-order valence-electron chi connectivity index (χ3n) is 2.41. The molecule has 1 aliphatic heterocycles. The number of hydrogen-bond donors (Lipinski definition) is 2.